The van der Waals surface area contributed by atoms with Crippen LogP contribution in [0.4, 0.5) is 0 Å². The van der Waals surface area contributed by atoms with E-state index in [0.29, 0.717) is 5.92 Å². The van der Waals surface area contributed by atoms with E-state index in [-0.39, 0.29) is 18.4 Å². The van der Waals surface area contributed by atoms with Gasteiger partial charge in [0.25, 0.3) is 0 Å². The van der Waals surface area contributed by atoms with Crippen molar-refractivity contribution in [3.63, 3.8) is 0 Å². The van der Waals surface area contributed by atoms with Crippen LogP contribution in [-0.2, 0) is 9.59 Å². The van der Waals surface area contributed by atoms with Gasteiger partial charge < -0.3 is 10.4 Å². The van der Waals surface area contributed by atoms with E-state index in [1.165, 1.54) is 32.1 Å². The maximum atomic E-state index is 11.8. The number of carbonyl (C=O) groups is 2. The Morgan fingerprint density at radius 3 is 2.33 bits per heavy atom. The Hall–Kier alpha value is -1.06. The zero-order valence-electron chi connectivity index (χ0n) is 11.7. The fraction of sp³-hybridized carbons (Fsp3) is 0.857. The smallest absolute Gasteiger partial charge is 0.309 e. The van der Waals surface area contributed by atoms with Gasteiger partial charge in [0.1, 0.15) is 0 Å². The van der Waals surface area contributed by atoms with Crippen LogP contribution < -0.4 is 5.32 Å². The van der Waals surface area contributed by atoms with E-state index >= 15 is 0 Å². The van der Waals surface area contributed by atoms with Crippen LogP contribution >= 0.6 is 0 Å². The average Bonchev–Trinajstić information content (AvgIpc) is 2.29. The molecule has 0 unspecified atom stereocenters. The molecular formula is C14H25NO3. The van der Waals surface area contributed by atoms with Crippen molar-refractivity contribution in [1.29, 1.82) is 0 Å². The third kappa shape index (κ3) is 4.31. The zero-order valence-corrected chi connectivity index (χ0v) is 11.7. The van der Waals surface area contributed by atoms with Gasteiger partial charge in [-0.2, -0.15) is 0 Å². The lowest BCUT2D eigenvalue weighted by atomic mass is 9.84. The van der Waals surface area contributed by atoms with E-state index in [1.54, 1.807) is 13.8 Å². The summed E-state index contributed by atoms with van der Waals surface area (Å²) in [5, 5.41) is 12.0. The summed E-state index contributed by atoms with van der Waals surface area (Å²) >= 11 is 0. The van der Waals surface area contributed by atoms with E-state index in [4.69, 9.17) is 5.11 Å². The molecule has 0 aliphatic heterocycles. The number of hydrogen-bond acceptors (Lipinski definition) is 2. The third-order valence-corrected chi connectivity index (χ3v) is 3.93. The first-order valence-electron chi connectivity index (χ1n) is 6.85. The second-order valence-electron chi connectivity index (χ2n) is 6.12. The Labute approximate surface area is 109 Å². The number of amides is 1. The summed E-state index contributed by atoms with van der Waals surface area (Å²) in [6, 6.07) is 0.155. The van der Waals surface area contributed by atoms with Crippen molar-refractivity contribution >= 4 is 11.9 Å². The normalized spacial score (nSPS) is 19.3. The van der Waals surface area contributed by atoms with Gasteiger partial charge in [-0.25, -0.2) is 0 Å². The summed E-state index contributed by atoms with van der Waals surface area (Å²) in [6.07, 6.45) is 6.16. The maximum Gasteiger partial charge on any atom is 0.309 e. The van der Waals surface area contributed by atoms with Crippen LogP contribution in [-0.4, -0.2) is 23.0 Å². The molecule has 1 atom stereocenters. The number of carbonyl (C=O) groups excluding carboxylic acids is 1. The van der Waals surface area contributed by atoms with Crippen molar-refractivity contribution in [2.75, 3.05) is 0 Å². The molecule has 1 rings (SSSR count). The van der Waals surface area contributed by atoms with E-state index in [1.807, 2.05) is 6.92 Å². The van der Waals surface area contributed by atoms with Gasteiger partial charge in [0.05, 0.1) is 5.41 Å². The van der Waals surface area contributed by atoms with E-state index in [0.717, 1.165) is 0 Å². The van der Waals surface area contributed by atoms with Gasteiger partial charge in [-0.3, -0.25) is 9.59 Å². The van der Waals surface area contributed by atoms with Gasteiger partial charge in [-0.05, 0) is 39.5 Å². The lowest BCUT2D eigenvalue weighted by Crippen LogP contribution is -2.41. The Bertz CT molecular complexity index is 306. The highest BCUT2D eigenvalue weighted by Gasteiger charge is 2.31. The van der Waals surface area contributed by atoms with Crippen LogP contribution in [0.2, 0.25) is 0 Å². The van der Waals surface area contributed by atoms with Crippen LogP contribution in [0.3, 0.4) is 0 Å². The first-order valence-corrected chi connectivity index (χ1v) is 6.85. The number of carboxylic acids is 1. The second-order valence-corrected chi connectivity index (χ2v) is 6.12. The molecule has 0 bridgehead atoms. The van der Waals surface area contributed by atoms with Crippen LogP contribution in [0, 0.1) is 11.3 Å². The molecule has 0 saturated heterocycles. The molecule has 0 radical (unpaired) electrons. The molecule has 4 nitrogen and oxygen atoms in total. The van der Waals surface area contributed by atoms with Gasteiger partial charge in [0.2, 0.25) is 5.91 Å². The third-order valence-electron chi connectivity index (χ3n) is 3.93. The summed E-state index contributed by atoms with van der Waals surface area (Å²) in [5.41, 5.74) is -0.990. The van der Waals surface area contributed by atoms with Crippen LogP contribution in [0.15, 0.2) is 0 Å². The molecule has 18 heavy (non-hydrogen) atoms. The number of rotatable bonds is 5. The molecule has 104 valence electrons. The average molecular weight is 255 g/mol. The van der Waals surface area contributed by atoms with Gasteiger partial charge in [0.15, 0.2) is 0 Å². The first-order chi connectivity index (χ1) is 8.33. The SMILES string of the molecule is C[C@H](NC(=O)CC(C)(C)C(=O)O)C1CCCCC1. The minimum absolute atomic E-state index is 0.0411. The highest BCUT2D eigenvalue weighted by atomic mass is 16.4. The monoisotopic (exact) mass is 255 g/mol. The van der Waals surface area contributed by atoms with Crippen molar-refractivity contribution in [1.82, 2.24) is 5.32 Å². The molecule has 2 N–H and O–H groups in total. The maximum absolute atomic E-state index is 11.8. The zero-order chi connectivity index (χ0) is 13.8. The molecule has 4 heteroatoms. The molecule has 0 aromatic carbocycles. The molecule has 1 amide bonds. The number of hydrogen-bond donors (Lipinski definition) is 2. The van der Waals surface area contributed by atoms with Crippen LogP contribution in [0.25, 0.3) is 0 Å². The van der Waals surface area contributed by atoms with Crippen molar-refractivity contribution in [2.45, 2.75) is 65.3 Å². The van der Waals surface area contributed by atoms with Gasteiger partial charge >= 0.3 is 5.97 Å². The minimum Gasteiger partial charge on any atom is -0.481 e. The Balaban J connectivity index is 2.41. The standard InChI is InChI=1S/C14H25NO3/c1-10(11-7-5-4-6-8-11)15-12(16)9-14(2,3)13(17)18/h10-11H,4-9H2,1-3H3,(H,15,16)(H,17,18)/t10-/m0/s1. The summed E-state index contributed by atoms with van der Waals surface area (Å²) in [4.78, 5) is 22.8. The second kappa shape index (κ2) is 6.21. The molecule has 0 aromatic rings. The van der Waals surface area contributed by atoms with Crippen molar-refractivity contribution < 1.29 is 14.7 Å². The molecular weight excluding hydrogens is 230 g/mol. The van der Waals surface area contributed by atoms with Gasteiger partial charge in [-0.15, -0.1) is 0 Å². The Morgan fingerprint density at radius 1 is 1.28 bits per heavy atom. The summed E-state index contributed by atoms with van der Waals surface area (Å²) in [6.45, 7) is 5.20. The van der Waals surface area contributed by atoms with Crippen molar-refractivity contribution in [3.8, 4) is 0 Å². The van der Waals surface area contributed by atoms with Crippen LogP contribution in [0.1, 0.15) is 59.3 Å². The molecule has 0 aromatic heterocycles. The van der Waals surface area contributed by atoms with Gasteiger partial charge in [-0.1, -0.05) is 19.3 Å². The minimum atomic E-state index is -0.990. The van der Waals surface area contributed by atoms with Crippen molar-refractivity contribution in [2.24, 2.45) is 11.3 Å². The molecule has 1 saturated carbocycles. The summed E-state index contributed by atoms with van der Waals surface area (Å²) in [7, 11) is 0. The molecule has 1 aliphatic carbocycles. The highest BCUT2D eigenvalue weighted by molar-refractivity contribution is 5.84. The summed E-state index contributed by atoms with van der Waals surface area (Å²) in [5.74, 6) is -0.529. The first kappa shape index (κ1) is 15.0. The fourth-order valence-electron chi connectivity index (χ4n) is 2.53. The lowest BCUT2D eigenvalue weighted by Gasteiger charge is -2.29. The molecule has 1 aliphatic rings. The molecule has 0 heterocycles. The number of nitrogens with one attached hydrogen (secondary N) is 1. The van der Waals surface area contributed by atoms with E-state index < -0.39 is 11.4 Å². The molecule has 0 spiro atoms. The fourth-order valence-corrected chi connectivity index (χ4v) is 2.53. The van der Waals surface area contributed by atoms with E-state index in [2.05, 4.69) is 5.32 Å². The Kier molecular flexibility index (Phi) is 5.17. The quantitative estimate of drug-likeness (QED) is 0.793. The number of aliphatic carboxylic acids is 1. The van der Waals surface area contributed by atoms with Gasteiger partial charge in [0, 0.05) is 12.5 Å². The van der Waals surface area contributed by atoms with Crippen LogP contribution in [0.5, 0.6) is 0 Å². The Morgan fingerprint density at radius 2 is 1.83 bits per heavy atom. The topological polar surface area (TPSA) is 66.4 Å². The number of carboxylic acid groups (broad SMARTS) is 1. The molecule has 1 fully saturated rings. The lowest BCUT2D eigenvalue weighted by molar-refractivity contribution is -0.149. The predicted octanol–water partition coefficient (Wildman–Crippen LogP) is 2.57. The largest absolute Gasteiger partial charge is 0.481 e. The summed E-state index contributed by atoms with van der Waals surface area (Å²) < 4.78 is 0. The van der Waals surface area contributed by atoms with E-state index in [9.17, 15) is 9.59 Å². The predicted molar refractivity (Wildman–Crippen MR) is 70.2 cm³/mol. The highest BCUT2D eigenvalue weighted by Crippen LogP contribution is 2.27. The van der Waals surface area contributed by atoms with Crippen molar-refractivity contribution in [3.05, 3.63) is 0 Å².